The van der Waals surface area contributed by atoms with E-state index >= 15 is 0 Å². The summed E-state index contributed by atoms with van der Waals surface area (Å²) < 4.78 is 1.51. The minimum Gasteiger partial charge on any atom is -0.326 e. The number of nitrogens with one attached hydrogen (secondary N) is 3. The molecule has 3 N–H and O–H groups in total. The third kappa shape index (κ3) is 2.75. The zero-order valence-corrected chi connectivity index (χ0v) is 11.8. The Hall–Kier alpha value is -2.34. The highest BCUT2D eigenvalue weighted by atomic mass is 16.2. The third-order valence-electron chi connectivity index (χ3n) is 4.00. The molecule has 1 aliphatic heterocycles. The first-order valence-corrected chi connectivity index (χ1v) is 7.03. The molecule has 1 amide bonds. The van der Waals surface area contributed by atoms with Crippen LogP contribution < -0.4 is 16.3 Å². The molecule has 3 rings (SSSR count). The van der Waals surface area contributed by atoms with Crippen LogP contribution in [-0.4, -0.2) is 28.5 Å². The molecule has 2 heterocycles. The molecule has 1 aliphatic rings. The molecule has 0 aliphatic carbocycles. The van der Waals surface area contributed by atoms with Gasteiger partial charge in [0.1, 0.15) is 0 Å². The first kappa shape index (κ1) is 13.6. The number of carbonyl (C=O) groups is 1. The van der Waals surface area contributed by atoms with E-state index in [2.05, 4.69) is 15.6 Å². The molecule has 6 nitrogen and oxygen atoms in total. The van der Waals surface area contributed by atoms with Crippen molar-refractivity contribution < 1.29 is 4.79 Å². The van der Waals surface area contributed by atoms with Crippen LogP contribution in [-0.2, 0) is 4.79 Å². The van der Waals surface area contributed by atoms with Gasteiger partial charge in [0.15, 0.2) is 0 Å². The van der Waals surface area contributed by atoms with E-state index in [1.165, 1.54) is 4.57 Å². The molecule has 1 atom stereocenters. The first-order valence-electron chi connectivity index (χ1n) is 7.03. The molecule has 2 aromatic rings. The number of hydrogen-bond donors (Lipinski definition) is 3. The Kier molecular flexibility index (Phi) is 3.62. The number of amides is 1. The van der Waals surface area contributed by atoms with Gasteiger partial charge in [0.25, 0.3) is 0 Å². The maximum atomic E-state index is 12.1. The highest BCUT2D eigenvalue weighted by molar-refractivity contribution is 5.92. The second-order valence-electron chi connectivity index (χ2n) is 5.38. The van der Waals surface area contributed by atoms with E-state index in [0.29, 0.717) is 5.92 Å². The quantitative estimate of drug-likeness (QED) is 0.783. The van der Waals surface area contributed by atoms with E-state index < -0.39 is 0 Å². The number of hydrogen-bond acceptors (Lipinski definition) is 3. The molecule has 0 bridgehead atoms. The normalized spacial score (nSPS) is 16.2. The first-order chi connectivity index (χ1) is 10.1. The molecular weight excluding hydrogens is 268 g/mol. The largest absolute Gasteiger partial charge is 0.330 e. The number of nitrogens with zero attached hydrogens (tertiary/aromatic N) is 1. The summed E-state index contributed by atoms with van der Waals surface area (Å²) in [4.78, 5) is 26.2. The van der Waals surface area contributed by atoms with E-state index in [9.17, 15) is 9.59 Å². The molecule has 110 valence electrons. The Bertz CT molecular complexity index is 682. The van der Waals surface area contributed by atoms with E-state index in [-0.39, 0.29) is 17.5 Å². The maximum absolute atomic E-state index is 12.1. The van der Waals surface area contributed by atoms with Gasteiger partial charge in [-0.1, -0.05) is 6.92 Å². The fourth-order valence-electron chi connectivity index (χ4n) is 2.36. The number of aromatic nitrogens is 2. The minimum absolute atomic E-state index is 0.00165. The SMILES string of the molecule is CC(C(=O)Nc1ccc(-n2cc[nH]c2=O)cc1)C1CNC1. The molecule has 0 spiro atoms. The molecule has 1 saturated heterocycles. The molecule has 6 heteroatoms. The van der Waals surface area contributed by atoms with Gasteiger partial charge in [-0.3, -0.25) is 9.36 Å². The summed E-state index contributed by atoms with van der Waals surface area (Å²) in [5.74, 6) is 0.453. The molecule has 1 unspecified atom stereocenters. The van der Waals surface area contributed by atoms with Gasteiger partial charge in [-0.05, 0) is 43.3 Å². The fourth-order valence-corrected chi connectivity index (χ4v) is 2.36. The standard InChI is InChI=1S/C15H18N4O2/c1-10(11-8-16-9-11)14(20)18-12-2-4-13(5-3-12)19-7-6-17-15(19)21/h2-7,10-11,16H,8-9H2,1H3,(H,17,21)(H,18,20). The average molecular weight is 286 g/mol. The van der Waals surface area contributed by atoms with Gasteiger partial charge in [0.2, 0.25) is 5.91 Å². The molecule has 1 fully saturated rings. The molecule has 21 heavy (non-hydrogen) atoms. The number of rotatable bonds is 4. The Morgan fingerprint density at radius 1 is 1.33 bits per heavy atom. The molecule has 0 saturated carbocycles. The predicted octanol–water partition coefficient (Wildman–Crippen LogP) is 0.960. The minimum atomic E-state index is -0.183. The average Bonchev–Trinajstić information content (AvgIpc) is 2.84. The van der Waals surface area contributed by atoms with Gasteiger partial charge in [-0.2, -0.15) is 0 Å². The number of carbonyl (C=O) groups excluding carboxylic acids is 1. The van der Waals surface area contributed by atoms with Gasteiger partial charge in [0, 0.05) is 24.0 Å². The van der Waals surface area contributed by atoms with E-state index in [4.69, 9.17) is 0 Å². The van der Waals surface area contributed by atoms with Gasteiger partial charge >= 0.3 is 5.69 Å². The zero-order valence-electron chi connectivity index (χ0n) is 11.8. The Morgan fingerprint density at radius 2 is 2.05 bits per heavy atom. The van der Waals surface area contributed by atoms with Crippen LogP contribution in [0.2, 0.25) is 0 Å². The summed E-state index contributed by atoms with van der Waals surface area (Å²) in [5, 5.41) is 6.09. The number of benzene rings is 1. The van der Waals surface area contributed by atoms with Crippen molar-refractivity contribution in [2.24, 2.45) is 11.8 Å². The van der Waals surface area contributed by atoms with E-state index in [0.717, 1.165) is 24.5 Å². The zero-order chi connectivity index (χ0) is 14.8. The predicted molar refractivity (Wildman–Crippen MR) is 80.5 cm³/mol. The highest BCUT2D eigenvalue weighted by Gasteiger charge is 2.28. The van der Waals surface area contributed by atoms with Crippen LogP contribution in [0.1, 0.15) is 6.92 Å². The summed E-state index contributed by atoms with van der Waals surface area (Å²) in [6, 6.07) is 7.22. The fraction of sp³-hybridized carbons (Fsp3) is 0.333. The number of imidazole rings is 1. The molecule has 0 radical (unpaired) electrons. The summed E-state index contributed by atoms with van der Waals surface area (Å²) in [6.45, 7) is 3.77. The summed E-state index contributed by atoms with van der Waals surface area (Å²) in [5.41, 5.74) is 1.32. The van der Waals surface area contributed by atoms with Crippen LogP contribution in [0.4, 0.5) is 5.69 Å². The lowest BCUT2D eigenvalue weighted by atomic mass is 9.88. The van der Waals surface area contributed by atoms with Crippen LogP contribution >= 0.6 is 0 Å². The monoisotopic (exact) mass is 286 g/mol. The van der Waals surface area contributed by atoms with Crippen molar-refractivity contribution >= 4 is 11.6 Å². The van der Waals surface area contributed by atoms with Crippen LogP contribution in [0.3, 0.4) is 0 Å². The van der Waals surface area contributed by atoms with Gasteiger partial charge in [-0.25, -0.2) is 4.79 Å². The van der Waals surface area contributed by atoms with Crippen molar-refractivity contribution in [1.29, 1.82) is 0 Å². The van der Waals surface area contributed by atoms with Crippen LogP contribution in [0.5, 0.6) is 0 Å². The van der Waals surface area contributed by atoms with Gasteiger partial charge < -0.3 is 15.6 Å². The van der Waals surface area contributed by atoms with Crippen molar-refractivity contribution in [2.75, 3.05) is 18.4 Å². The van der Waals surface area contributed by atoms with Gasteiger partial charge in [0.05, 0.1) is 5.69 Å². The topological polar surface area (TPSA) is 78.9 Å². The van der Waals surface area contributed by atoms with Crippen LogP contribution in [0.25, 0.3) is 5.69 Å². The maximum Gasteiger partial charge on any atom is 0.330 e. The van der Waals surface area contributed by atoms with E-state index in [1.807, 2.05) is 6.92 Å². The Morgan fingerprint density at radius 3 is 2.57 bits per heavy atom. The second kappa shape index (κ2) is 5.57. The number of H-pyrrole nitrogens is 1. The van der Waals surface area contributed by atoms with Crippen molar-refractivity contribution in [3.63, 3.8) is 0 Å². The molecule has 1 aromatic heterocycles. The second-order valence-corrected chi connectivity index (χ2v) is 5.38. The van der Waals surface area contributed by atoms with Crippen LogP contribution in [0.15, 0.2) is 41.5 Å². The molecular formula is C15H18N4O2. The lowest BCUT2D eigenvalue weighted by Gasteiger charge is -2.31. The Balaban J connectivity index is 1.68. The summed E-state index contributed by atoms with van der Waals surface area (Å²) in [6.07, 6.45) is 3.26. The van der Waals surface area contributed by atoms with Crippen molar-refractivity contribution in [1.82, 2.24) is 14.9 Å². The number of anilines is 1. The van der Waals surface area contributed by atoms with Crippen molar-refractivity contribution in [3.05, 3.63) is 47.1 Å². The van der Waals surface area contributed by atoms with E-state index in [1.54, 1.807) is 36.7 Å². The summed E-state index contributed by atoms with van der Waals surface area (Å²) >= 11 is 0. The lowest BCUT2D eigenvalue weighted by Crippen LogP contribution is -2.48. The molecule has 1 aromatic carbocycles. The van der Waals surface area contributed by atoms with Crippen molar-refractivity contribution in [2.45, 2.75) is 6.92 Å². The smallest absolute Gasteiger partial charge is 0.326 e. The summed E-state index contributed by atoms with van der Waals surface area (Å²) in [7, 11) is 0. The Labute approximate surface area is 122 Å². The van der Waals surface area contributed by atoms with Gasteiger partial charge in [-0.15, -0.1) is 0 Å². The highest BCUT2D eigenvalue weighted by Crippen LogP contribution is 2.19. The number of aromatic amines is 1. The third-order valence-corrected chi connectivity index (χ3v) is 4.00. The van der Waals surface area contributed by atoms with Crippen LogP contribution in [0, 0.1) is 11.8 Å². The van der Waals surface area contributed by atoms with Crippen molar-refractivity contribution in [3.8, 4) is 5.69 Å². The lowest BCUT2D eigenvalue weighted by molar-refractivity contribution is -0.121.